The van der Waals surface area contributed by atoms with E-state index in [0.29, 0.717) is 38.5 Å². The van der Waals surface area contributed by atoms with Crippen LogP contribution in [0.1, 0.15) is 132 Å². The van der Waals surface area contributed by atoms with Crippen LogP contribution >= 0.6 is 0 Å². The Kier molecular flexibility index (Phi) is 10.4. The molecule has 0 aromatic rings. The number of ether oxygens (including phenoxy) is 2. The van der Waals surface area contributed by atoms with E-state index in [0.717, 1.165) is 48.7 Å². The van der Waals surface area contributed by atoms with Crippen LogP contribution in [0, 0.1) is 0 Å². The predicted molar refractivity (Wildman–Crippen MR) is 137 cm³/mol. The van der Waals surface area contributed by atoms with Crippen LogP contribution in [-0.2, 0) is 29.5 Å². The van der Waals surface area contributed by atoms with Crippen molar-refractivity contribution in [1.29, 1.82) is 0 Å². The largest absolute Gasteiger partial charge is 0.462 e. The second-order valence-corrected chi connectivity index (χ2v) is 13.5. The van der Waals surface area contributed by atoms with E-state index >= 15 is 0 Å². The van der Waals surface area contributed by atoms with Crippen molar-refractivity contribution in [2.45, 2.75) is 167 Å². The van der Waals surface area contributed by atoms with Crippen LogP contribution in [0.4, 0.5) is 0 Å². The number of carbonyl (C=O) groups excluding carboxylic acids is 2. The minimum Gasteiger partial charge on any atom is -0.462 e. The molecule has 0 bridgehead atoms. The van der Waals surface area contributed by atoms with Crippen LogP contribution in [0.2, 0.25) is 0 Å². The molecule has 0 unspecified atom stereocenters. The van der Waals surface area contributed by atoms with Crippen LogP contribution in [0.15, 0.2) is 0 Å². The van der Waals surface area contributed by atoms with Gasteiger partial charge in [-0.05, 0) is 68.2 Å². The van der Waals surface area contributed by atoms with Crippen molar-refractivity contribution in [3.8, 4) is 0 Å². The second-order valence-electron chi connectivity index (χ2n) is 13.5. The Bertz CT molecular complexity index is 650. The molecule has 2 aliphatic rings. The van der Waals surface area contributed by atoms with Crippen LogP contribution in [0.5, 0.6) is 0 Å². The number of hydrogen-bond donors (Lipinski definition) is 0. The Morgan fingerprint density at radius 2 is 0.806 bits per heavy atom. The summed E-state index contributed by atoms with van der Waals surface area (Å²) in [7, 11) is 0. The lowest BCUT2D eigenvalue weighted by Crippen LogP contribution is -2.60. The lowest BCUT2D eigenvalue weighted by atomic mass is 9.80. The minimum atomic E-state index is -0.541. The number of piperidine rings is 2. The number of hydroxylamine groups is 4. The molecule has 8 heteroatoms. The van der Waals surface area contributed by atoms with Gasteiger partial charge in [0.1, 0.15) is 12.2 Å². The molecule has 0 aliphatic carbocycles. The molecule has 36 heavy (non-hydrogen) atoms. The number of rotatable bonds is 11. The fraction of sp³-hybridized carbons (Fsp3) is 0.929. The molecule has 0 spiro atoms. The minimum absolute atomic E-state index is 0.178. The number of carbonyl (C=O) groups is 2. The molecule has 2 saturated heterocycles. The van der Waals surface area contributed by atoms with Gasteiger partial charge in [-0.25, -0.2) is 0 Å². The van der Waals surface area contributed by atoms with E-state index in [1.54, 1.807) is 0 Å². The molecule has 0 aromatic heterocycles. The van der Waals surface area contributed by atoms with Crippen molar-refractivity contribution in [3.63, 3.8) is 0 Å². The molecule has 2 aliphatic heterocycles. The summed E-state index contributed by atoms with van der Waals surface area (Å²) in [4.78, 5) is 24.6. The zero-order valence-corrected chi connectivity index (χ0v) is 24.0. The normalized spacial score (nSPS) is 24.4. The fourth-order valence-electron chi connectivity index (χ4n) is 6.25. The molecule has 0 atom stereocenters. The first-order chi connectivity index (χ1) is 16.5. The molecule has 0 aromatic carbocycles. The maximum absolute atomic E-state index is 12.4. The first-order valence-electron chi connectivity index (χ1n) is 13.8. The first-order valence-corrected chi connectivity index (χ1v) is 13.8. The molecule has 0 saturated carbocycles. The van der Waals surface area contributed by atoms with Gasteiger partial charge < -0.3 is 9.47 Å². The standard InChI is InChI=1S/C28H50N2O6/c1-25(2)17-21(18-26(3,4)29(25)33)35-23(31)15-13-11-9-10-12-14-16-24(32)36-22-19-27(5,6)30(34)28(7,8)20-22/h21-22H,9-20H2,1-8H3. The predicted octanol–water partition coefficient (Wildman–Crippen LogP) is 5.93. The smallest absolute Gasteiger partial charge is 0.306 e. The van der Waals surface area contributed by atoms with E-state index in [9.17, 15) is 20.0 Å². The summed E-state index contributed by atoms with van der Waals surface area (Å²) in [5.74, 6) is -0.356. The Morgan fingerprint density at radius 3 is 1.08 bits per heavy atom. The summed E-state index contributed by atoms with van der Waals surface area (Å²) in [5, 5.41) is 27.2. The van der Waals surface area contributed by atoms with Gasteiger partial charge in [0.25, 0.3) is 0 Å². The van der Waals surface area contributed by atoms with E-state index in [2.05, 4.69) is 0 Å². The Hall–Kier alpha value is -1.22. The molecule has 2 rings (SSSR count). The molecular formula is C28H50N2O6. The second kappa shape index (κ2) is 12.1. The maximum Gasteiger partial charge on any atom is 0.306 e. The van der Waals surface area contributed by atoms with Crippen molar-refractivity contribution in [3.05, 3.63) is 0 Å². The molecule has 2 heterocycles. The van der Waals surface area contributed by atoms with Gasteiger partial charge in [0.15, 0.2) is 0 Å². The summed E-state index contributed by atoms with van der Waals surface area (Å²) in [6.45, 7) is 15.2. The number of hydrogen-bond acceptors (Lipinski definition) is 6. The summed E-state index contributed by atoms with van der Waals surface area (Å²) < 4.78 is 11.4. The topological polar surface area (TPSA) is 98.9 Å². The van der Waals surface area contributed by atoms with Gasteiger partial charge in [-0.3, -0.25) is 9.59 Å². The average Bonchev–Trinajstić information content (AvgIpc) is 2.71. The highest BCUT2D eigenvalue weighted by Gasteiger charge is 2.48. The Balaban J connectivity index is 1.54. The van der Waals surface area contributed by atoms with Crippen LogP contribution < -0.4 is 0 Å². The summed E-state index contributed by atoms with van der Waals surface area (Å²) in [6.07, 6.45) is 8.13. The third-order valence-electron chi connectivity index (χ3n) is 7.72. The van der Waals surface area contributed by atoms with E-state index in [1.165, 1.54) is 0 Å². The van der Waals surface area contributed by atoms with Crippen molar-refractivity contribution in [2.75, 3.05) is 0 Å². The number of unbranched alkanes of at least 4 members (excludes halogenated alkanes) is 5. The first kappa shape index (κ1) is 31.0. The molecule has 2 fully saturated rings. The third kappa shape index (κ3) is 8.67. The van der Waals surface area contributed by atoms with Gasteiger partial charge in [-0.1, -0.05) is 25.7 Å². The van der Waals surface area contributed by atoms with Gasteiger partial charge in [0, 0.05) is 60.7 Å². The number of nitrogens with zero attached hydrogens (tertiary/aromatic N) is 2. The molecule has 0 amide bonds. The van der Waals surface area contributed by atoms with Gasteiger partial charge in [0.2, 0.25) is 0 Å². The SMILES string of the molecule is CC1(C)CC(OC(=O)CCCCCCCCC(=O)OC2CC(C)(C)N([O])C(C)(C)C2)CC(C)(C)N1[O]. The summed E-state index contributed by atoms with van der Waals surface area (Å²) in [5.41, 5.74) is -2.16. The van der Waals surface area contributed by atoms with E-state index in [-0.39, 0.29) is 24.1 Å². The van der Waals surface area contributed by atoms with E-state index in [4.69, 9.17) is 9.47 Å². The lowest BCUT2D eigenvalue weighted by Gasteiger charge is -2.49. The third-order valence-corrected chi connectivity index (χ3v) is 7.72. The van der Waals surface area contributed by atoms with Crippen LogP contribution in [0.3, 0.4) is 0 Å². The number of esters is 2. The highest BCUT2D eigenvalue weighted by atomic mass is 16.6. The summed E-state index contributed by atoms with van der Waals surface area (Å²) in [6, 6.07) is 0. The summed E-state index contributed by atoms with van der Waals surface area (Å²) >= 11 is 0. The van der Waals surface area contributed by atoms with E-state index < -0.39 is 22.2 Å². The zero-order chi connectivity index (χ0) is 27.4. The van der Waals surface area contributed by atoms with Crippen LogP contribution in [-0.4, -0.2) is 56.4 Å². The van der Waals surface area contributed by atoms with Crippen molar-refractivity contribution in [1.82, 2.24) is 10.1 Å². The fourth-order valence-corrected chi connectivity index (χ4v) is 6.25. The van der Waals surface area contributed by atoms with Gasteiger partial charge in [-0.15, -0.1) is 20.5 Å². The zero-order valence-electron chi connectivity index (χ0n) is 24.0. The van der Waals surface area contributed by atoms with Crippen molar-refractivity contribution in [2.24, 2.45) is 0 Å². The molecule has 0 N–H and O–H groups in total. The highest BCUT2D eigenvalue weighted by Crippen LogP contribution is 2.39. The van der Waals surface area contributed by atoms with Crippen molar-refractivity contribution < 1.29 is 29.5 Å². The van der Waals surface area contributed by atoms with Crippen LogP contribution in [0.25, 0.3) is 0 Å². The quantitative estimate of drug-likeness (QED) is 0.252. The molecular weight excluding hydrogens is 460 g/mol. The van der Waals surface area contributed by atoms with Crippen molar-refractivity contribution >= 4 is 11.9 Å². The molecule has 8 nitrogen and oxygen atoms in total. The molecule has 208 valence electrons. The van der Waals surface area contributed by atoms with Gasteiger partial charge in [-0.2, -0.15) is 0 Å². The highest BCUT2D eigenvalue weighted by molar-refractivity contribution is 5.69. The monoisotopic (exact) mass is 510 g/mol. The Morgan fingerprint density at radius 1 is 0.556 bits per heavy atom. The van der Waals surface area contributed by atoms with Gasteiger partial charge in [0.05, 0.1) is 0 Å². The average molecular weight is 511 g/mol. The Labute approximate surface area is 218 Å². The van der Waals surface area contributed by atoms with Gasteiger partial charge >= 0.3 is 11.9 Å². The molecule has 2 radical (unpaired) electrons. The van der Waals surface area contributed by atoms with E-state index in [1.807, 2.05) is 55.4 Å². The lowest BCUT2D eigenvalue weighted by molar-refractivity contribution is -0.299. The maximum atomic E-state index is 12.4.